The van der Waals surface area contributed by atoms with Gasteiger partial charge in [0.05, 0.1) is 6.26 Å². The maximum atomic E-state index is 13.1. The Balaban J connectivity index is 1.23. The second-order valence-corrected chi connectivity index (χ2v) is 7.45. The third-order valence-electron chi connectivity index (χ3n) is 5.31. The molecule has 0 aliphatic heterocycles. The minimum Gasteiger partial charge on any atom is -0.459 e. The first kappa shape index (κ1) is 19.7. The van der Waals surface area contributed by atoms with Crippen molar-refractivity contribution in [3.8, 4) is 0 Å². The molecule has 0 spiro atoms. The lowest BCUT2D eigenvalue weighted by molar-refractivity contribution is 0.0996. The predicted octanol–water partition coefficient (Wildman–Crippen LogP) is 4.20. The van der Waals surface area contributed by atoms with Gasteiger partial charge in [0.1, 0.15) is 5.82 Å². The number of hydrogen-bond donors (Lipinski definition) is 3. The molecule has 3 aromatic rings. The molecule has 0 saturated heterocycles. The van der Waals surface area contributed by atoms with Crippen LogP contribution in [0.5, 0.6) is 0 Å². The molecule has 0 bridgehead atoms. The highest BCUT2D eigenvalue weighted by Crippen LogP contribution is 2.47. The molecule has 1 aliphatic rings. The molecule has 3 amide bonds. The van der Waals surface area contributed by atoms with Crippen LogP contribution in [-0.4, -0.2) is 18.5 Å². The third kappa shape index (κ3) is 4.68. The number of rotatable bonds is 7. The average Bonchev–Trinajstić information content (AvgIpc) is 3.34. The molecule has 1 aromatic heterocycles. The van der Waals surface area contributed by atoms with E-state index in [1.165, 1.54) is 18.4 Å². The zero-order valence-corrected chi connectivity index (χ0v) is 16.3. The Morgan fingerprint density at radius 1 is 0.967 bits per heavy atom. The minimum atomic E-state index is -0.319. The number of benzene rings is 2. The van der Waals surface area contributed by atoms with E-state index in [0.29, 0.717) is 18.8 Å². The van der Waals surface area contributed by atoms with E-state index in [4.69, 9.17) is 4.42 Å². The molecule has 0 radical (unpaired) electrons. The normalized spacial score (nSPS) is 14.0. The Kier molecular flexibility index (Phi) is 5.52. The summed E-state index contributed by atoms with van der Waals surface area (Å²) in [5, 5.41) is 8.48. The second kappa shape index (κ2) is 8.41. The fourth-order valence-electron chi connectivity index (χ4n) is 3.32. The van der Waals surface area contributed by atoms with Crippen LogP contribution in [0.4, 0.5) is 14.9 Å². The first-order valence-corrected chi connectivity index (χ1v) is 9.76. The quantitative estimate of drug-likeness (QED) is 0.549. The molecule has 1 heterocycles. The molecular formula is C23H22FN3O3. The molecule has 4 rings (SSSR count). The lowest BCUT2D eigenvalue weighted by atomic mass is 9.96. The molecule has 0 atom stereocenters. The van der Waals surface area contributed by atoms with Crippen LogP contribution in [0.15, 0.2) is 71.3 Å². The van der Waals surface area contributed by atoms with Gasteiger partial charge in [0.2, 0.25) is 0 Å². The summed E-state index contributed by atoms with van der Waals surface area (Å²) in [5.74, 6) is -0.335. The van der Waals surface area contributed by atoms with Gasteiger partial charge in [0.15, 0.2) is 5.76 Å². The molecule has 7 heteroatoms. The van der Waals surface area contributed by atoms with Gasteiger partial charge in [-0.05, 0) is 60.4 Å². The van der Waals surface area contributed by atoms with Crippen LogP contribution in [0, 0.1) is 5.82 Å². The molecular weight excluding hydrogens is 385 g/mol. The lowest BCUT2D eigenvalue weighted by Crippen LogP contribution is -2.39. The Hall–Kier alpha value is -3.61. The van der Waals surface area contributed by atoms with Gasteiger partial charge >= 0.3 is 6.03 Å². The Labute approximate surface area is 173 Å². The van der Waals surface area contributed by atoms with E-state index in [-0.39, 0.29) is 28.9 Å². The zero-order chi connectivity index (χ0) is 21.0. The summed E-state index contributed by atoms with van der Waals surface area (Å²) in [6.07, 6.45) is 3.40. The van der Waals surface area contributed by atoms with Crippen LogP contribution in [-0.2, 0) is 12.0 Å². The largest absolute Gasteiger partial charge is 0.459 e. The smallest absolute Gasteiger partial charge is 0.315 e. The van der Waals surface area contributed by atoms with Crippen molar-refractivity contribution in [2.75, 3.05) is 11.9 Å². The summed E-state index contributed by atoms with van der Waals surface area (Å²) in [6, 6.07) is 16.7. The third-order valence-corrected chi connectivity index (χ3v) is 5.31. The number of nitrogens with one attached hydrogen (secondary N) is 3. The van der Waals surface area contributed by atoms with Crippen molar-refractivity contribution in [2.45, 2.75) is 24.8 Å². The Morgan fingerprint density at radius 3 is 2.33 bits per heavy atom. The lowest BCUT2D eigenvalue weighted by Gasteiger charge is -2.17. The van der Waals surface area contributed by atoms with E-state index in [2.05, 4.69) is 16.0 Å². The maximum Gasteiger partial charge on any atom is 0.315 e. The highest BCUT2D eigenvalue weighted by molar-refractivity contribution is 6.02. The monoisotopic (exact) mass is 407 g/mol. The van der Waals surface area contributed by atoms with E-state index in [1.54, 1.807) is 36.4 Å². The van der Waals surface area contributed by atoms with E-state index in [0.717, 1.165) is 24.0 Å². The van der Waals surface area contributed by atoms with E-state index in [1.807, 2.05) is 12.1 Å². The summed E-state index contributed by atoms with van der Waals surface area (Å²) in [4.78, 5) is 24.1. The Bertz CT molecular complexity index is 1010. The molecule has 2 aromatic carbocycles. The van der Waals surface area contributed by atoms with Gasteiger partial charge in [-0.3, -0.25) is 4.79 Å². The van der Waals surface area contributed by atoms with Gasteiger partial charge in [0.25, 0.3) is 5.91 Å². The summed E-state index contributed by atoms with van der Waals surface area (Å²) in [5.41, 5.74) is 2.51. The first-order chi connectivity index (χ1) is 14.5. The number of halogens is 1. The Morgan fingerprint density at radius 2 is 1.70 bits per heavy atom. The van der Waals surface area contributed by atoms with Gasteiger partial charge in [-0.25, -0.2) is 9.18 Å². The average molecular weight is 407 g/mol. The molecule has 154 valence electrons. The fraction of sp³-hybridized carbons (Fsp3) is 0.217. The number of furan rings is 1. The summed E-state index contributed by atoms with van der Waals surface area (Å²) in [6.45, 7) is 0.879. The predicted molar refractivity (Wildman–Crippen MR) is 111 cm³/mol. The van der Waals surface area contributed by atoms with Gasteiger partial charge in [-0.1, -0.05) is 24.3 Å². The van der Waals surface area contributed by atoms with Crippen molar-refractivity contribution in [1.29, 1.82) is 0 Å². The number of anilines is 1. The molecule has 6 nitrogen and oxygen atoms in total. The molecule has 1 fully saturated rings. The van der Waals surface area contributed by atoms with Gasteiger partial charge in [-0.15, -0.1) is 0 Å². The summed E-state index contributed by atoms with van der Waals surface area (Å²) in [7, 11) is 0. The van der Waals surface area contributed by atoms with Gasteiger partial charge < -0.3 is 20.4 Å². The van der Waals surface area contributed by atoms with Crippen LogP contribution in [0.25, 0.3) is 0 Å². The number of carbonyl (C=O) groups excluding carboxylic acids is 2. The van der Waals surface area contributed by atoms with Gasteiger partial charge in [0, 0.05) is 24.2 Å². The highest BCUT2D eigenvalue weighted by Gasteiger charge is 2.44. The molecule has 3 N–H and O–H groups in total. The molecule has 1 saturated carbocycles. The fourth-order valence-corrected chi connectivity index (χ4v) is 3.32. The van der Waals surface area contributed by atoms with Crippen molar-refractivity contribution in [1.82, 2.24) is 10.6 Å². The first-order valence-electron chi connectivity index (χ1n) is 9.76. The topological polar surface area (TPSA) is 83.4 Å². The number of hydrogen-bond acceptors (Lipinski definition) is 3. The van der Waals surface area contributed by atoms with Crippen LogP contribution < -0.4 is 16.0 Å². The van der Waals surface area contributed by atoms with Gasteiger partial charge in [-0.2, -0.15) is 0 Å². The zero-order valence-electron chi connectivity index (χ0n) is 16.3. The molecule has 1 aliphatic carbocycles. The molecule has 0 unspecified atom stereocenters. The number of amides is 3. The second-order valence-electron chi connectivity index (χ2n) is 7.45. The number of carbonyl (C=O) groups is 2. The summed E-state index contributed by atoms with van der Waals surface area (Å²) >= 11 is 0. The van der Waals surface area contributed by atoms with Crippen LogP contribution >= 0.6 is 0 Å². The van der Waals surface area contributed by atoms with Crippen molar-refractivity contribution in [2.24, 2.45) is 0 Å². The summed E-state index contributed by atoms with van der Waals surface area (Å²) < 4.78 is 18.2. The van der Waals surface area contributed by atoms with Crippen LogP contribution in [0.2, 0.25) is 0 Å². The van der Waals surface area contributed by atoms with Crippen LogP contribution in [0.3, 0.4) is 0 Å². The SMILES string of the molecule is O=C(NCc1ccc(NC(=O)c2ccco2)cc1)NCC1(c2ccc(F)cc2)CC1. The van der Waals surface area contributed by atoms with Crippen molar-refractivity contribution in [3.63, 3.8) is 0 Å². The van der Waals surface area contributed by atoms with E-state index in [9.17, 15) is 14.0 Å². The van der Waals surface area contributed by atoms with Crippen molar-refractivity contribution in [3.05, 3.63) is 89.6 Å². The van der Waals surface area contributed by atoms with Crippen LogP contribution in [0.1, 0.15) is 34.5 Å². The van der Waals surface area contributed by atoms with Crippen molar-refractivity contribution < 1.29 is 18.4 Å². The molecule has 30 heavy (non-hydrogen) atoms. The number of urea groups is 1. The van der Waals surface area contributed by atoms with Crippen molar-refractivity contribution >= 4 is 17.6 Å². The maximum absolute atomic E-state index is 13.1. The van der Waals surface area contributed by atoms with E-state index >= 15 is 0 Å². The standard InChI is InChI=1S/C23H22FN3O3/c24-18-7-5-17(6-8-18)23(11-12-23)15-26-22(29)25-14-16-3-9-19(10-4-16)27-21(28)20-2-1-13-30-20/h1-10,13H,11-12,14-15H2,(H,27,28)(H2,25,26,29). The highest BCUT2D eigenvalue weighted by atomic mass is 19.1. The van der Waals surface area contributed by atoms with E-state index < -0.39 is 0 Å². The minimum absolute atomic E-state index is 0.0844.